The molecule has 0 saturated carbocycles. The first kappa shape index (κ1) is 35.3. The van der Waals surface area contributed by atoms with Gasteiger partial charge in [-0.15, -0.1) is 0 Å². The summed E-state index contributed by atoms with van der Waals surface area (Å²) in [5.41, 5.74) is 5.74. The Bertz CT molecular complexity index is 1950. The first-order valence-corrected chi connectivity index (χ1v) is 19.3. The van der Waals surface area contributed by atoms with Crippen LogP contribution in [0.2, 0.25) is 0 Å². The van der Waals surface area contributed by atoms with Crippen LogP contribution < -0.4 is 0 Å². The van der Waals surface area contributed by atoms with E-state index in [1.54, 1.807) is 0 Å². The van der Waals surface area contributed by atoms with Crippen molar-refractivity contribution in [3.05, 3.63) is 141 Å². The van der Waals surface area contributed by atoms with Gasteiger partial charge in [0.05, 0.1) is 11.4 Å². The molecule has 1 aliphatic rings. The molecule has 0 amide bonds. The molecule has 6 rings (SSSR count). The van der Waals surface area contributed by atoms with Crippen molar-refractivity contribution >= 4 is 79.3 Å². The Labute approximate surface area is 322 Å². The molecule has 1 N–H and O–H groups in total. The molecule has 3 heterocycles. The number of hydrogen-bond acceptors (Lipinski definition) is 5. The van der Waals surface area contributed by atoms with Gasteiger partial charge < -0.3 is 9.84 Å². The number of rotatable bonds is 10. The number of halogens is 3. The van der Waals surface area contributed by atoms with Gasteiger partial charge in [0, 0.05) is 82.6 Å². The Kier molecular flexibility index (Phi) is 10.8. The van der Waals surface area contributed by atoms with E-state index in [9.17, 15) is 9.90 Å². The molecule has 7 nitrogen and oxygen atoms in total. The lowest BCUT2D eigenvalue weighted by molar-refractivity contribution is -0.221. The van der Waals surface area contributed by atoms with Crippen LogP contribution in [0.25, 0.3) is 5.76 Å². The zero-order valence-corrected chi connectivity index (χ0v) is 33.7. The summed E-state index contributed by atoms with van der Waals surface area (Å²) in [4.78, 5) is 14.3. The fourth-order valence-corrected chi connectivity index (χ4v) is 7.84. The van der Waals surface area contributed by atoms with E-state index in [0.29, 0.717) is 30.0 Å². The highest BCUT2D eigenvalue weighted by Crippen LogP contribution is 2.55. The zero-order valence-electron chi connectivity index (χ0n) is 27.2. The van der Waals surface area contributed by atoms with Gasteiger partial charge >= 0.3 is 0 Å². The van der Waals surface area contributed by atoms with Crippen molar-refractivity contribution in [1.29, 1.82) is 0 Å². The van der Waals surface area contributed by atoms with Crippen LogP contribution in [0.1, 0.15) is 76.1 Å². The zero-order chi connectivity index (χ0) is 34.2. The standard InChI is InChI=1S/C38H37I3N4O3/c1-5-44-21-33(23(3)42-44)31(19-35(46)25-7-13-28(39)14-8-25)37-32(34-22-45(6-2)43-24(34)4)20-36(26-9-15-29(40)16-10-26)48-38(37,47)27-11-17-30(41)18-12-27/h7-18,20-22,31-32,37,47H,5-6,19H2,1-4H3/t31-,32-,37+,38+/m0/s1. The quantitative estimate of drug-likeness (QED) is 0.112. The summed E-state index contributed by atoms with van der Waals surface area (Å²) in [7, 11) is 0. The van der Waals surface area contributed by atoms with Gasteiger partial charge in [0.25, 0.3) is 0 Å². The van der Waals surface area contributed by atoms with E-state index in [0.717, 1.165) is 38.8 Å². The number of ether oxygens (including phenoxy) is 1. The number of hydrogen-bond donors (Lipinski definition) is 1. The van der Waals surface area contributed by atoms with Crippen LogP contribution >= 0.6 is 67.8 Å². The van der Waals surface area contributed by atoms with Crippen molar-refractivity contribution in [2.75, 3.05) is 0 Å². The Morgan fingerprint density at radius 2 is 1.38 bits per heavy atom. The molecule has 5 aromatic rings. The minimum atomic E-state index is -1.82. The second-order valence-corrected chi connectivity index (χ2v) is 15.9. The van der Waals surface area contributed by atoms with Crippen LogP contribution in [-0.4, -0.2) is 30.5 Å². The van der Waals surface area contributed by atoms with Crippen molar-refractivity contribution in [2.45, 2.75) is 64.8 Å². The van der Waals surface area contributed by atoms with Gasteiger partial charge in [-0.3, -0.25) is 14.2 Å². The van der Waals surface area contributed by atoms with Gasteiger partial charge in [-0.05, 0) is 144 Å². The van der Waals surface area contributed by atoms with Crippen LogP contribution in [0.15, 0.2) is 91.3 Å². The predicted molar refractivity (Wildman–Crippen MR) is 214 cm³/mol. The number of aliphatic hydroxyl groups is 1. The minimum Gasteiger partial charge on any atom is -0.458 e. The molecule has 48 heavy (non-hydrogen) atoms. The van der Waals surface area contributed by atoms with Crippen LogP contribution in [0.4, 0.5) is 0 Å². The first-order valence-electron chi connectivity index (χ1n) is 16.0. The van der Waals surface area contributed by atoms with Crippen LogP contribution in [0.3, 0.4) is 0 Å². The fourth-order valence-electron chi connectivity index (χ4n) is 6.76. The van der Waals surface area contributed by atoms with E-state index in [1.807, 2.05) is 102 Å². The van der Waals surface area contributed by atoms with Gasteiger partial charge in [-0.1, -0.05) is 36.4 Å². The topological polar surface area (TPSA) is 82.2 Å². The second-order valence-electron chi connectivity index (χ2n) is 12.2. The Morgan fingerprint density at radius 1 is 0.833 bits per heavy atom. The van der Waals surface area contributed by atoms with Gasteiger partial charge in [0.15, 0.2) is 5.78 Å². The molecule has 10 heteroatoms. The summed E-state index contributed by atoms with van der Waals surface area (Å²) < 4.78 is 13.9. The average molecular weight is 978 g/mol. The highest BCUT2D eigenvalue weighted by atomic mass is 127. The molecule has 0 bridgehead atoms. The third-order valence-electron chi connectivity index (χ3n) is 9.20. The number of allylic oxidation sites excluding steroid dienone is 1. The lowest BCUT2D eigenvalue weighted by Crippen LogP contribution is -2.46. The molecule has 2 aromatic heterocycles. The van der Waals surface area contributed by atoms with Crippen molar-refractivity contribution in [3.63, 3.8) is 0 Å². The monoisotopic (exact) mass is 978 g/mol. The average Bonchev–Trinajstić information content (AvgIpc) is 3.65. The Balaban J connectivity index is 1.63. The highest BCUT2D eigenvalue weighted by Gasteiger charge is 2.54. The van der Waals surface area contributed by atoms with Crippen molar-refractivity contribution in [1.82, 2.24) is 19.6 Å². The molecule has 3 aromatic carbocycles. The molecule has 0 spiro atoms. The number of aryl methyl sites for hydroxylation is 4. The van der Waals surface area contributed by atoms with Crippen LogP contribution in [-0.2, 0) is 23.6 Å². The normalized spacial score (nSPS) is 19.9. The SMILES string of the molecule is CCn1cc([C@@H]2C=C(c3ccc(I)cc3)O[C@](O)(c3ccc(I)cc3)[C@@H]2[C@@H](CC(=O)c2ccc(I)cc2)c2cn(CC)nc2C)c(C)n1. The van der Waals surface area contributed by atoms with Gasteiger partial charge in [-0.25, -0.2) is 0 Å². The third kappa shape index (κ3) is 7.17. The molecule has 0 unspecified atom stereocenters. The molecular formula is C38H37I3N4O3. The summed E-state index contributed by atoms with van der Waals surface area (Å²) in [6.07, 6.45) is 6.39. The number of aromatic nitrogens is 4. The van der Waals surface area contributed by atoms with Gasteiger partial charge in [0.2, 0.25) is 5.79 Å². The highest BCUT2D eigenvalue weighted by molar-refractivity contribution is 14.1. The minimum absolute atomic E-state index is 0.00264. The Hall–Kier alpha value is -2.56. The third-order valence-corrected chi connectivity index (χ3v) is 11.4. The molecule has 0 saturated heterocycles. The van der Waals surface area contributed by atoms with Crippen molar-refractivity contribution in [3.8, 4) is 0 Å². The largest absolute Gasteiger partial charge is 0.458 e. The van der Waals surface area contributed by atoms with Gasteiger partial charge in [0.1, 0.15) is 5.76 Å². The number of nitrogens with zero attached hydrogens (tertiary/aromatic N) is 4. The summed E-state index contributed by atoms with van der Waals surface area (Å²) >= 11 is 6.82. The summed E-state index contributed by atoms with van der Waals surface area (Å²) in [5, 5.41) is 23.0. The molecule has 0 radical (unpaired) electrons. The smallest absolute Gasteiger partial charge is 0.239 e. The van der Waals surface area contributed by atoms with E-state index in [2.05, 4.69) is 93.9 Å². The number of carbonyl (C=O) groups excluding carboxylic acids is 1. The maximum atomic E-state index is 14.3. The number of benzene rings is 3. The molecule has 248 valence electrons. The number of carbonyl (C=O) groups is 1. The number of ketones is 1. The fraction of sp³-hybridized carbons (Fsp3) is 0.289. The molecule has 0 fully saturated rings. The number of Topliss-reactive ketones (excluding diaryl/α,β-unsaturated/α-hetero) is 1. The molecular weight excluding hydrogens is 941 g/mol. The van der Waals surface area contributed by atoms with Crippen molar-refractivity contribution in [2.24, 2.45) is 5.92 Å². The van der Waals surface area contributed by atoms with E-state index < -0.39 is 17.6 Å². The van der Waals surface area contributed by atoms with E-state index in [-0.39, 0.29) is 18.1 Å². The maximum absolute atomic E-state index is 14.3. The van der Waals surface area contributed by atoms with Crippen molar-refractivity contribution < 1.29 is 14.6 Å². The molecule has 1 aliphatic heterocycles. The predicted octanol–water partition coefficient (Wildman–Crippen LogP) is 9.22. The van der Waals surface area contributed by atoms with E-state index >= 15 is 0 Å². The lowest BCUT2D eigenvalue weighted by atomic mass is 9.66. The first-order chi connectivity index (χ1) is 23.0. The maximum Gasteiger partial charge on any atom is 0.239 e. The second kappa shape index (κ2) is 14.7. The van der Waals surface area contributed by atoms with Gasteiger partial charge in [-0.2, -0.15) is 10.2 Å². The van der Waals surface area contributed by atoms with E-state index in [4.69, 9.17) is 14.9 Å². The summed E-state index contributed by atoms with van der Waals surface area (Å²) in [5.74, 6) is -2.69. The summed E-state index contributed by atoms with van der Waals surface area (Å²) in [6, 6.07) is 23.6. The Morgan fingerprint density at radius 3 is 1.94 bits per heavy atom. The molecule has 4 atom stereocenters. The van der Waals surface area contributed by atoms with Crippen LogP contribution in [0.5, 0.6) is 0 Å². The van der Waals surface area contributed by atoms with Crippen LogP contribution in [0, 0.1) is 30.5 Å². The van der Waals surface area contributed by atoms with E-state index in [1.165, 1.54) is 0 Å². The lowest BCUT2D eigenvalue weighted by Gasteiger charge is -2.47. The summed E-state index contributed by atoms with van der Waals surface area (Å²) in [6.45, 7) is 9.51. The molecule has 0 aliphatic carbocycles.